The maximum Gasteiger partial charge on any atom is 0.0363 e. The predicted molar refractivity (Wildman–Crippen MR) is 78.3 cm³/mol. The first-order valence-electron chi connectivity index (χ1n) is 7.05. The first-order chi connectivity index (χ1) is 8.66. The Kier molecular flexibility index (Phi) is 4.48. The fourth-order valence-corrected chi connectivity index (χ4v) is 2.81. The van der Waals surface area contributed by atoms with Crippen LogP contribution in [0, 0.1) is 5.92 Å². The van der Waals surface area contributed by atoms with E-state index in [1.807, 2.05) is 18.2 Å². The summed E-state index contributed by atoms with van der Waals surface area (Å²) in [4.78, 5) is 0. The smallest absolute Gasteiger partial charge is 0.0363 e. The van der Waals surface area contributed by atoms with Gasteiger partial charge in [0.15, 0.2) is 0 Å². The third kappa shape index (κ3) is 3.39. The molecule has 2 rings (SSSR count). The zero-order valence-corrected chi connectivity index (χ0v) is 11.3. The molecule has 0 aromatic heterocycles. The van der Waals surface area contributed by atoms with E-state index in [9.17, 15) is 0 Å². The first kappa shape index (κ1) is 13.2. The van der Waals surface area contributed by atoms with Gasteiger partial charge >= 0.3 is 0 Å². The van der Waals surface area contributed by atoms with E-state index in [0.29, 0.717) is 0 Å². The minimum atomic E-state index is 0.274. The first-order valence-corrected chi connectivity index (χ1v) is 7.05. The quantitative estimate of drug-likeness (QED) is 0.716. The predicted octanol–water partition coefficient (Wildman–Crippen LogP) is 3.08. The van der Waals surface area contributed by atoms with Gasteiger partial charge in [-0.15, -0.1) is 0 Å². The Balaban J connectivity index is 1.90. The van der Waals surface area contributed by atoms with Crippen molar-refractivity contribution >= 4 is 11.4 Å². The van der Waals surface area contributed by atoms with E-state index in [1.54, 1.807) is 0 Å². The van der Waals surface area contributed by atoms with E-state index in [2.05, 4.69) is 12.2 Å². The molecule has 1 aliphatic rings. The van der Waals surface area contributed by atoms with Gasteiger partial charge in [-0.2, -0.15) is 0 Å². The van der Waals surface area contributed by atoms with Gasteiger partial charge in [-0.05, 0) is 56.0 Å². The maximum atomic E-state index is 6.00. The highest BCUT2D eigenvalue weighted by atomic mass is 14.9. The molecule has 3 heteroatoms. The average molecular weight is 247 g/mol. The zero-order chi connectivity index (χ0) is 13.0. The minimum absolute atomic E-state index is 0.274. The summed E-state index contributed by atoms with van der Waals surface area (Å²) in [7, 11) is 0. The molecule has 100 valence electrons. The second kappa shape index (κ2) is 6.10. The van der Waals surface area contributed by atoms with Gasteiger partial charge in [0.2, 0.25) is 0 Å². The number of anilines is 2. The molecule has 0 heterocycles. The lowest BCUT2D eigenvalue weighted by Crippen LogP contribution is -2.27. The van der Waals surface area contributed by atoms with Gasteiger partial charge in [0.05, 0.1) is 0 Å². The van der Waals surface area contributed by atoms with E-state index in [-0.39, 0.29) is 6.04 Å². The van der Waals surface area contributed by atoms with Crippen LogP contribution in [-0.2, 0) is 0 Å². The van der Waals surface area contributed by atoms with E-state index in [1.165, 1.54) is 32.1 Å². The number of rotatable bonds is 4. The number of nitrogen functional groups attached to an aromatic ring is 2. The van der Waals surface area contributed by atoms with Crippen molar-refractivity contribution in [2.75, 3.05) is 18.0 Å². The molecule has 0 spiro atoms. The Bertz CT molecular complexity index is 383. The Labute approximate surface area is 110 Å². The number of nitrogens with one attached hydrogen (secondary N) is 1. The topological polar surface area (TPSA) is 64.1 Å². The molecular formula is C15H25N3. The zero-order valence-electron chi connectivity index (χ0n) is 11.3. The van der Waals surface area contributed by atoms with Crippen LogP contribution in [0.5, 0.6) is 0 Å². The number of hydrogen-bond acceptors (Lipinski definition) is 3. The summed E-state index contributed by atoms with van der Waals surface area (Å²) in [6.45, 7) is 3.25. The highest BCUT2D eigenvalue weighted by molar-refractivity contribution is 5.56. The molecule has 1 aliphatic carbocycles. The van der Waals surface area contributed by atoms with E-state index in [0.717, 1.165) is 29.4 Å². The van der Waals surface area contributed by atoms with Crippen molar-refractivity contribution in [3.05, 3.63) is 23.8 Å². The van der Waals surface area contributed by atoms with Crippen molar-refractivity contribution in [2.24, 2.45) is 5.92 Å². The van der Waals surface area contributed by atoms with Crippen molar-refractivity contribution in [1.82, 2.24) is 5.32 Å². The summed E-state index contributed by atoms with van der Waals surface area (Å²) in [6.07, 6.45) is 6.93. The highest BCUT2D eigenvalue weighted by Gasteiger charge is 2.15. The molecular weight excluding hydrogens is 222 g/mol. The molecule has 0 aliphatic heterocycles. The molecule has 0 saturated heterocycles. The summed E-state index contributed by atoms with van der Waals surface area (Å²) < 4.78 is 0. The largest absolute Gasteiger partial charge is 0.399 e. The van der Waals surface area contributed by atoms with Gasteiger partial charge in [0.1, 0.15) is 0 Å². The number of benzene rings is 1. The Morgan fingerprint density at radius 3 is 2.67 bits per heavy atom. The molecule has 1 aromatic carbocycles. The summed E-state index contributed by atoms with van der Waals surface area (Å²) >= 11 is 0. The summed E-state index contributed by atoms with van der Waals surface area (Å²) in [5, 5.41) is 3.60. The molecule has 1 atom stereocenters. The van der Waals surface area contributed by atoms with Crippen molar-refractivity contribution in [3.63, 3.8) is 0 Å². The highest BCUT2D eigenvalue weighted by Crippen LogP contribution is 2.26. The third-order valence-corrected chi connectivity index (χ3v) is 4.01. The maximum absolute atomic E-state index is 6.00. The van der Waals surface area contributed by atoms with Crippen molar-refractivity contribution in [3.8, 4) is 0 Å². The van der Waals surface area contributed by atoms with E-state index < -0.39 is 0 Å². The van der Waals surface area contributed by atoms with Crippen LogP contribution in [0.15, 0.2) is 18.2 Å². The lowest BCUT2D eigenvalue weighted by molar-refractivity contribution is 0.332. The van der Waals surface area contributed by atoms with Crippen LogP contribution in [0.2, 0.25) is 0 Å². The SMILES string of the molecule is CC(NCC1CCCCC1)c1cc(N)ccc1N. The van der Waals surface area contributed by atoms with Gasteiger partial charge in [0.25, 0.3) is 0 Å². The molecule has 3 nitrogen and oxygen atoms in total. The Hall–Kier alpha value is -1.22. The fourth-order valence-electron chi connectivity index (χ4n) is 2.81. The van der Waals surface area contributed by atoms with Gasteiger partial charge < -0.3 is 16.8 Å². The molecule has 1 saturated carbocycles. The number of hydrogen-bond donors (Lipinski definition) is 3. The summed E-state index contributed by atoms with van der Waals surface area (Å²) in [5.41, 5.74) is 14.6. The van der Waals surface area contributed by atoms with E-state index in [4.69, 9.17) is 11.5 Å². The minimum Gasteiger partial charge on any atom is -0.399 e. The lowest BCUT2D eigenvalue weighted by atomic mass is 9.89. The van der Waals surface area contributed by atoms with Crippen molar-refractivity contribution < 1.29 is 0 Å². The third-order valence-electron chi connectivity index (χ3n) is 4.01. The second-order valence-corrected chi connectivity index (χ2v) is 5.52. The number of nitrogens with two attached hydrogens (primary N) is 2. The molecule has 1 aromatic rings. The van der Waals surface area contributed by atoms with Crippen LogP contribution in [0.4, 0.5) is 11.4 Å². The summed E-state index contributed by atoms with van der Waals surface area (Å²) in [6, 6.07) is 6.00. The monoisotopic (exact) mass is 247 g/mol. The van der Waals surface area contributed by atoms with Crippen LogP contribution < -0.4 is 16.8 Å². The lowest BCUT2D eigenvalue weighted by Gasteiger charge is -2.24. The average Bonchev–Trinajstić information content (AvgIpc) is 2.40. The van der Waals surface area contributed by atoms with Crippen LogP contribution in [0.25, 0.3) is 0 Å². The molecule has 0 bridgehead atoms. The van der Waals surface area contributed by atoms with Gasteiger partial charge in [-0.25, -0.2) is 0 Å². The Morgan fingerprint density at radius 2 is 1.94 bits per heavy atom. The van der Waals surface area contributed by atoms with Crippen LogP contribution in [0.1, 0.15) is 50.6 Å². The van der Waals surface area contributed by atoms with Gasteiger partial charge in [0, 0.05) is 17.4 Å². The molecule has 0 radical (unpaired) electrons. The molecule has 1 unspecified atom stereocenters. The van der Waals surface area contributed by atoms with Crippen molar-refractivity contribution in [2.45, 2.75) is 45.1 Å². The second-order valence-electron chi connectivity index (χ2n) is 5.52. The Morgan fingerprint density at radius 1 is 1.22 bits per heavy atom. The molecule has 0 amide bonds. The van der Waals surface area contributed by atoms with Crippen molar-refractivity contribution in [1.29, 1.82) is 0 Å². The van der Waals surface area contributed by atoms with E-state index >= 15 is 0 Å². The van der Waals surface area contributed by atoms with Crippen LogP contribution in [-0.4, -0.2) is 6.54 Å². The molecule has 5 N–H and O–H groups in total. The fraction of sp³-hybridized carbons (Fsp3) is 0.600. The molecule has 18 heavy (non-hydrogen) atoms. The van der Waals surface area contributed by atoms with Crippen LogP contribution >= 0.6 is 0 Å². The summed E-state index contributed by atoms with van der Waals surface area (Å²) in [5.74, 6) is 0.837. The molecule has 1 fully saturated rings. The standard InChI is InChI=1S/C15H25N3/c1-11(14-9-13(16)7-8-15(14)17)18-10-12-5-3-2-4-6-12/h7-9,11-12,18H,2-6,10,16-17H2,1H3. The van der Waals surface area contributed by atoms with Gasteiger partial charge in [-0.3, -0.25) is 0 Å². The van der Waals surface area contributed by atoms with Crippen LogP contribution in [0.3, 0.4) is 0 Å². The normalized spacial score (nSPS) is 18.7. The van der Waals surface area contributed by atoms with Gasteiger partial charge in [-0.1, -0.05) is 19.3 Å².